The number of alkyl carbamates (subject to hydrolysis) is 1. The van der Waals surface area contributed by atoms with Gasteiger partial charge >= 0.3 is 6.09 Å². The van der Waals surface area contributed by atoms with Crippen LogP contribution < -0.4 is 15.5 Å². The number of para-hydroxylation sites is 2. The van der Waals surface area contributed by atoms with Crippen LogP contribution in [0.2, 0.25) is 0 Å². The Bertz CT molecular complexity index is 803. The standard InChI is InChI=1S/C20H29N5O2/c1-20(2,3)27-19(26)22-13-14-9-7-8-12-25(14)18-17(21-4)23-15-10-5-6-11-16(15)24-18/h5-6,10-11,14H,7-9,12-13H2,1-4H3,(H,21,23)(H,22,26)/t14-/m0/s1. The number of anilines is 2. The Hall–Kier alpha value is -2.57. The summed E-state index contributed by atoms with van der Waals surface area (Å²) in [4.78, 5) is 23.9. The van der Waals surface area contributed by atoms with E-state index in [-0.39, 0.29) is 12.1 Å². The average molecular weight is 371 g/mol. The van der Waals surface area contributed by atoms with E-state index in [0.717, 1.165) is 48.5 Å². The molecule has 1 amide bonds. The van der Waals surface area contributed by atoms with Crippen LogP contribution >= 0.6 is 0 Å². The second-order valence-corrected chi connectivity index (χ2v) is 7.86. The summed E-state index contributed by atoms with van der Waals surface area (Å²) in [7, 11) is 1.86. The number of amides is 1. The van der Waals surface area contributed by atoms with Gasteiger partial charge in [-0.15, -0.1) is 0 Å². The minimum atomic E-state index is -0.501. The second-order valence-electron chi connectivity index (χ2n) is 7.86. The van der Waals surface area contributed by atoms with Crippen molar-refractivity contribution in [2.45, 2.75) is 51.7 Å². The van der Waals surface area contributed by atoms with Crippen molar-refractivity contribution in [1.29, 1.82) is 0 Å². The number of nitrogens with one attached hydrogen (secondary N) is 2. The van der Waals surface area contributed by atoms with E-state index in [2.05, 4.69) is 15.5 Å². The summed E-state index contributed by atoms with van der Waals surface area (Å²) >= 11 is 0. The summed E-state index contributed by atoms with van der Waals surface area (Å²) in [6.45, 7) is 7.00. The maximum absolute atomic E-state index is 12.1. The first kappa shape index (κ1) is 19.2. The van der Waals surface area contributed by atoms with E-state index in [4.69, 9.17) is 14.7 Å². The average Bonchev–Trinajstić information content (AvgIpc) is 2.64. The molecule has 1 atom stereocenters. The Morgan fingerprint density at radius 1 is 1.22 bits per heavy atom. The fourth-order valence-corrected chi connectivity index (χ4v) is 3.37. The molecule has 2 aromatic rings. The summed E-state index contributed by atoms with van der Waals surface area (Å²) < 4.78 is 5.36. The van der Waals surface area contributed by atoms with Gasteiger partial charge in [-0.25, -0.2) is 14.8 Å². The highest BCUT2D eigenvalue weighted by Gasteiger charge is 2.27. The van der Waals surface area contributed by atoms with Crippen molar-refractivity contribution in [1.82, 2.24) is 15.3 Å². The highest BCUT2D eigenvalue weighted by Crippen LogP contribution is 2.30. The van der Waals surface area contributed by atoms with Crippen molar-refractivity contribution in [2.24, 2.45) is 0 Å². The van der Waals surface area contributed by atoms with E-state index in [1.165, 1.54) is 0 Å². The quantitative estimate of drug-likeness (QED) is 0.856. The summed E-state index contributed by atoms with van der Waals surface area (Å²) in [5.41, 5.74) is 1.24. The number of rotatable bonds is 4. The first-order valence-electron chi connectivity index (χ1n) is 9.55. The van der Waals surface area contributed by atoms with Crippen molar-refractivity contribution in [3.63, 3.8) is 0 Å². The van der Waals surface area contributed by atoms with Crippen molar-refractivity contribution >= 4 is 28.8 Å². The minimum Gasteiger partial charge on any atom is -0.444 e. The lowest BCUT2D eigenvalue weighted by Gasteiger charge is -2.37. The van der Waals surface area contributed by atoms with E-state index in [1.807, 2.05) is 52.1 Å². The van der Waals surface area contributed by atoms with E-state index < -0.39 is 5.60 Å². The molecule has 1 aromatic carbocycles. The topological polar surface area (TPSA) is 79.4 Å². The summed E-state index contributed by atoms with van der Waals surface area (Å²) in [6, 6.07) is 8.03. The van der Waals surface area contributed by atoms with Gasteiger partial charge in [-0.2, -0.15) is 0 Å². The Kier molecular flexibility index (Phi) is 5.68. The monoisotopic (exact) mass is 371 g/mol. The molecule has 0 saturated carbocycles. The zero-order valence-corrected chi connectivity index (χ0v) is 16.6. The van der Waals surface area contributed by atoms with Gasteiger partial charge in [-0.1, -0.05) is 12.1 Å². The molecule has 2 heterocycles. The second kappa shape index (κ2) is 7.98. The fraction of sp³-hybridized carbons (Fsp3) is 0.550. The highest BCUT2D eigenvalue weighted by molar-refractivity contribution is 5.80. The highest BCUT2D eigenvalue weighted by atomic mass is 16.6. The van der Waals surface area contributed by atoms with E-state index in [0.29, 0.717) is 6.54 Å². The molecule has 0 radical (unpaired) electrons. The van der Waals surface area contributed by atoms with Crippen LogP contribution in [-0.4, -0.2) is 47.8 Å². The lowest BCUT2D eigenvalue weighted by atomic mass is 10.0. The largest absolute Gasteiger partial charge is 0.444 e. The van der Waals surface area contributed by atoms with Gasteiger partial charge in [0.25, 0.3) is 0 Å². The van der Waals surface area contributed by atoms with Gasteiger partial charge in [0.2, 0.25) is 0 Å². The Morgan fingerprint density at radius 2 is 1.93 bits per heavy atom. The van der Waals surface area contributed by atoms with Gasteiger partial charge in [0, 0.05) is 26.2 Å². The van der Waals surface area contributed by atoms with Crippen LogP contribution in [-0.2, 0) is 4.74 Å². The third-order valence-corrected chi connectivity index (χ3v) is 4.57. The zero-order chi connectivity index (χ0) is 19.4. The third kappa shape index (κ3) is 4.78. The fourth-order valence-electron chi connectivity index (χ4n) is 3.37. The molecule has 0 spiro atoms. The van der Waals surface area contributed by atoms with Gasteiger partial charge in [0.15, 0.2) is 11.6 Å². The molecule has 1 aliphatic heterocycles. The smallest absolute Gasteiger partial charge is 0.407 e. The number of nitrogens with zero attached hydrogens (tertiary/aromatic N) is 3. The van der Waals surface area contributed by atoms with Gasteiger partial charge in [-0.05, 0) is 52.2 Å². The van der Waals surface area contributed by atoms with Gasteiger partial charge in [0.1, 0.15) is 5.60 Å². The SMILES string of the molecule is CNc1nc2ccccc2nc1N1CCCC[C@H]1CNC(=O)OC(C)(C)C. The minimum absolute atomic E-state index is 0.161. The van der Waals surface area contributed by atoms with Crippen molar-refractivity contribution < 1.29 is 9.53 Å². The molecule has 3 rings (SSSR count). The first-order valence-corrected chi connectivity index (χ1v) is 9.55. The van der Waals surface area contributed by atoms with Crippen molar-refractivity contribution in [3.05, 3.63) is 24.3 Å². The molecule has 7 nitrogen and oxygen atoms in total. The summed E-state index contributed by atoms with van der Waals surface area (Å²) in [5.74, 6) is 1.60. The molecule has 146 valence electrons. The molecule has 1 aromatic heterocycles. The number of benzene rings is 1. The van der Waals surface area contributed by atoms with Crippen LogP contribution in [0.1, 0.15) is 40.0 Å². The molecule has 1 fully saturated rings. The van der Waals surface area contributed by atoms with Crippen LogP contribution in [0.3, 0.4) is 0 Å². The number of hydrogen-bond donors (Lipinski definition) is 2. The Morgan fingerprint density at radius 3 is 2.59 bits per heavy atom. The number of piperidine rings is 1. The molecule has 7 heteroatoms. The van der Waals surface area contributed by atoms with Crippen LogP contribution in [0.5, 0.6) is 0 Å². The lowest BCUT2D eigenvalue weighted by Crippen LogP contribution is -2.48. The van der Waals surface area contributed by atoms with E-state index in [1.54, 1.807) is 0 Å². The summed E-state index contributed by atoms with van der Waals surface area (Å²) in [5, 5.41) is 6.09. The summed E-state index contributed by atoms with van der Waals surface area (Å²) in [6.07, 6.45) is 2.84. The maximum atomic E-state index is 12.1. The van der Waals surface area contributed by atoms with E-state index in [9.17, 15) is 4.79 Å². The molecule has 0 aliphatic carbocycles. The first-order chi connectivity index (χ1) is 12.9. The number of carbonyl (C=O) groups excluding carboxylic acids is 1. The molecule has 2 N–H and O–H groups in total. The molecular weight excluding hydrogens is 342 g/mol. The molecular formula is C20H29N5O2. The molecule has 0 unspecified atom stereocenters. The van der Waals surface area contributed by atoms with Crippen LogP contribution in [0.4, 0.5) is 16.4 Å². The lowest BCUT2D eigenvalue weighted by molar-refractivity contribution is 0.0523. The molecule has 27 heavy (non-hydrogen) atoms. The van der Waals surface area contributed by atoms with Gasteiger partial charge in [-0.3, -0.25) is 0 Å². The number of carbonyl (C=O) groups is 1. The molecule has 1 saturated heterocycles. The number of hydrogen-bond acceptors (Lipinski definition) is 6. The van der Waals surface area contributed by atoms with E-state index >= 15 is 0 Å². The zero-order valence-electron chi connectivity index (χ0n) is 16.6. The third-order valence-electron chi connectivity index (χ3n) is 4.57. The van der Waals surface area contributed by atoms with Crippen LogP contribution in [0.15, 0.2) is 24.3 Å². The molecule has 0 bridgehead atoms. The number of fused-ring (bicyclic) bond motifs is 1. The normalized spacial score (nSPS) is 17.6. The number of ether oxygens (including phenoxy) is 1. The Balaban J connectivity index is 1.81. The van der Waals surface area contributed by atoms with Gasteiger partial charge in [0.05, 0.1) is 11.0 Å². The van der Waals surface area contributed by atoms with Crippen LogP contribution in [0.25, 0.3) is 11.0 Å². The van der Waals surface area contributed by atoms with Crippen molar-refractivity contribution in [3.8, 4) is 0 Å². The predicted octanol–water partition coefficient (Wildman–Crippen LogP) is 3.56. The molecule has 1 aliphatic rings. The van der Waals surface area contributed by atoms with Crippen LogP contribution in [0, 0.1) is 0 Å². The maximum Gasteiger partial charge on any atom is 0.407 e. The van der Waals surface area contributed by atoms with Gasteiger partial charge < -0.3 is 20.3 Å². The van der Waals surface area contributed by atoms with Crippen molar-refractivity contribution in [2.75, 3.05) is 30.4 Å². The predicted molar refractivity (Wildman–Crippen MR) is 108 cm³/mol. The Labute approximate surface area is 160 Å². The number of aromatic nitrogens is 2.